The fourth-order valence-corrected chi connectivity index (χ4v) is 3.16. The lowest BCUT2D eigenvalue weighted by atomic mass is 10.1. The highest BCUT2D eigenvalue weighted by molar-refractivity contribution is 6.30. The molecule has 4 rings (SSSR count). The van der Waals surface area contributed by atoms with Crippen LogP contribution in [0.15, 0.2) is 72.5 Å². The Morgan fingerprint density at radius 1 is 1.07 bits per heavy atom. The summed E-state index contributed by atoms with van der Waals surface area (Å²) in [6, 6.07) is 19.4. The molecule has 0 aliphatic carbocycles. The van der Waals surface area contributed by atoms with E-state index in [0.29, 0.717) is 27.6 Å². The molecule has 0 spiro atoms. The second-order valence-corrected chi connectivity index (χ2v) is 7.17. The van der Waals surface area contributed by atoms with Crippen LogP contribution in [0.2, 0.25) is 5.02 Å². The van der Waals surface area contributed by atoms with Crippen LogP contribution < -0.4 is 9.47 Å². The summed E-state index contributed by atoms with van der Waals surface area (Å²) in [5.74, 6) is 0.797. The number of allylic oxidation sites excluding steroid dienone is 1. The van der Waals surface area contributed by atoms with Gasteiger partial charge in [-0.25, -0.2) is 0 Å². The molecule has 1 aliphatic heterocycles. The third-order valence-electron chi connectivity index (χ3n) is 4.52. The fraction of sp³-hybridized carbons (Fsp3) is 0.0833. The van der Waals surface area contributed by atoms with Gasteiger partial charge in [0.2, 0.25) is 5.78 Å². The molecule has 0 saturated carbocycles. The van der Waals surface area contributed by atoms with E-state index in [2.05, 4.69) is 0 Å². The number of Topliss-reactive ketones (excluding diaryl/α,β-unsaturated/α-hetero) is 2. The highest BCUT2D eigenvalue weighted by Crippen LogP contribution is 2.35. The van der Waals surface area contributed by atoms with Gasteiger partial charge in [-0.05, 0) is 55.0 Å². The number of ketones is 2. The van der Waals surface area contributed by atoms with Crippen molar-refractivity contribution in [3.63, 3.8) is 0 Å². The summed E-state index contributed by atoms with van der Waals surface area (Å²) >= 11 is 5.84. The first kappa shape index (κ1) is 19.0. The van der Waals surface area contributed by atoms with Gasteiger partial charge in [-0.15, -0.1) is 0 Å². The topological polar surface area (TPSA) is 52.6 Å². The summed E-state index contributed by atoms with van der Waals surface area (Å²) in [5, 5.41) is 0.567. The fourth-order valence-electron chi connectivity index (χ4n) is 3.04. The van der Waals surface area contributed by atoms with Gasteiger partial charge in [0.15, 0.2) is 18.1 Å². The Labute approximate surface area is 173 Å². The number of carbonyl (C=O) groups excluding carboxylic acids is 2. The van der Waals surface area contributed by atoms with Crippen molar-refractivity contribution in [2.24, 2.45) is 0 Å². The summed E-state index contributed by atoms with van der Waals surface area (Å²) < 4.78 is 11.3. The Morgan fingerprint density at radius 3 is 2.62 bits per heavy atom. The van der Waals surface area contributed by atoms with Crippen molar-refractivity contribution in [3.8, 4) is 11.5 Å². The van der Waals surface area contributed by atoms with E-state index in [1.807, 2.05) is 31.2 Å². The molecule has 0 unspecified atom stereocenters. The number of benzene rings is 3. The molecule has 1 aliphatic rings. The van der Waals surface area contributed by atoms with E-state index in [0.717, 1.165) is 11.1 Å². The van der Waals surface area contributed by atoms with E-state index in [1.165, 1.54) is 0 Å². The third-order valence-corrected chi connectivity index (χ3v) is 4.77. The first-order valence-corrected chi connectivity index (χ1v) is 9.44. The third kappa shape index (κ3) is 4.23. The van der Waals surface area contributed by atoms with Crippen LogP contribution >= 0.6 is 11.6 Å². The largest absolute Gasteiger partial charge is 0.485 e. The van der Waals surface area contributed by atoms with Gasteiger partial charge >= 0.3 is 0 Å². The van der Waals surface area contributed by atoms with E-state index in [-0.39, 0.29) is 23.9 Å². The summed E-state index contributed by atoms with van der Waals surface area (Å²) in [4.78, 5) is 24.8. The molecule has 0 amide bonds. The number of carbonyl (C=O) groups is 2. The zero-order valence-corrected chi connectivity index (χ0v) is 16.4. The van der Waals surface area contributed by atoms with Crippen molar-refractivity contribution >= 4 is 29.2 Å². The van der Waals surface area contributed by atoms with E-state index >= 15 is 0 Å². The molecule has 1 heterocycles. The highest BCUT2D eigenvalue weighted by Gasteiger charge is 2.27. The van der Waals surface area contributed by atoms with Gasteiger partial charge in [0.05, 0.1) is 5.56 Å². The van der Waals surface area contributed by atoms with Crippen molar-refractivity contribution in [2.75, 3.05) is 6.61 Å². The van der Waals surface area contributed by atoms with Crippen molar-refractivity contribution in [1.82, 2.24) is 0 Å². The molecule has 29 heavy (non-hydrogen) atoms. The van der Waals surface area contributed by atoms with Crippen LogP contribution in [0.25, 0.3) is 6.08 Å². The Bertz CT molecular complexity index is 1130. The summed E-state index contributed by atoms with van der Waals surface area (Å²) in [6.07, 6.45) is 1.72. The Balaban J connectivity index is 1.47. The molecule has 0 aromatic heterocycles. The molecule has 3 aromatic carbocycles. The average Bonchev–Trinajstić information content (AvgIpc) is 3.01. The molecular weight excluding hydrogens is 388 g/mol. The smallest absolute Gasteiger partial charge is 0.231 e. The maximum atomic E-state index is 12.6. The summed E-state index contributed by atoms with van der Waals surface area (Å²) in [5.41, 5.74) is 2.99. The van der Waals surface area contributed by atoms with E-state index in [1.54, 1.807) is 48.5 Å². The average molecular weight is 405 g/mol. The molecule has 0 N–H and O–H groups in total. The van der Waals surface area contributed by atoms with E-state index in [9.17, 15) is 9.59 Å². The number of ether oxygens (including phenoxy) is 2. The van der Waals surface area contributed by atoms with Crippen LogP contribution in [0.1, 0.15) is 31.8 Å². The van der Waals surface area contributed by atoms with Crippen LogP contribution in [-0.4, -0.2) is 18.2 Å². The zero-order chi connectivity index (χ0) is 20.4. The number of hydrogen-bond acceptors (Lipinski definition) is 4. The summed E-state index contributed by atoms with van der Waals surface area (Å²) in [7, 11) is 0. The molecule has 0 radical (unpaired) electrons. The first-order chi connectivity index (χ1) is 14.0. The molecule has 0 atom stereocenters. The van der Waals surface area contributed by atoms with Crippen molar-refractivity contribution in [3.05, 3.63) is 99.8 Å². The number of aryl methyl sites for hydroxylation is 1. The van der Waals surface area contributed by atoms with Gasteiger partial charge in [-0.1, -0.05) is 41.4 Å². The molecular formula is C24H17ClO4. The standard InChI is InChI=1S/C24H17ClO4/c1-15-3-2-4-16(11-15)12-23-24(27)20-10-9-19(13-22(20)29-23)28-14-21(26)17-5-7-18(25)8-6-17/h2-13H,14H2,1H3/b23-12-. The minimum Gasteiger partial charge on any atom is -0.485 e. The monoisotopic (exact) mass is 404 g/mol. The number of rotatable bonds is 5. The van der Waals surface area contributed by atoms with Crippen molar-refractivity contribution in [2.45, 2.75) is 6.92 Å². The lowest BCUT2D eigenvalue weighted by Gasteiger charge is -2.07. The second kappa shape index (κ2) is 7.94. The number of hydrogen-bond donors (Lipinski definition) is 0. The number of halogens is 1. The number of fused-ring (bicyclic) bond motifs is 1. The normalized spacial score (nSPS) is 13.9. The second-order valence-electron chi connectivity index (χ2n) is 6.73. The maximum absolute atomic E-state index is 12.6. The van der Waals surface area contributed by atoms with Gasteiger partial charge in [0.1, 0.15) is 11.5 Å². The van der Waals surface area contributed by atoms with E-state index < -0.39 is 0 Å². The minimum atomic E-state index is -0.176. The quantitative estimate of drug-likeness (QED) is 0.414. The van der Waals surface area contributed by atoms with Crippen molar-refractivity contribution in [1.29, 1.82) is 0 Å². The van der Waals surface area contributed by atoms with Crippen LogP contribution in [0.3, 0.4) is 0 Å². The van der Waals surface area contributed by atoms with Gasteiger partial charge in [-0.3, -0.25) is 9.59 Å². The molecule has 4 nitrogen and oxygen atoms in total. The van der Waals surface area contributed by atoms with Gasteiger partial charge in [-0.2, -0.15) is 0 Å². The molecule has 0 bridgehead atoms. The lowest BCUT2D eigenvalue weighted by Crippen LogP contribution is -2.11. The lowest BCUT2D eigenvalue weighted by molar-refractivity contribution is 0.0921. The van der Waals surface area contributed by atoms with Gasteiger partial charge in [0, 0.05) is 16.7 Å². The van der Waals surface area contributed by atoms with Crippen LogP contribution in [0.5, 0.6) is 11.5 Å². The zero-order valence-electron chi connectivity index (χ0n) is 15.6. The molecule has 0 fully saturated rings. The Kier molecular flexibility index (Phi) is 5.19. The van der Waals surface area contributed by atoms with Crippen LogP contribution in [0, 0.1) is 6.92 Å². The van der Waals surface area contributed by atoms with E-state index in [4.69, 9.17) is 21.1 Å². The van der Waals surface area contributed by atoms with Crippen LogP contribution in [-0.2, 0) is 0 Å². The SMILES string of the molecule is Cc1cccc(/C=C2\Oc3cc(OCC(=O)c4ccc(Cl)cc4)ccc3C2=O)c1. The Hall–Kier alpha value is -3.37. The highest BCUT2D eigenvalue weighted by atomic mass is 35.5. The minimum absolute atomic E-state index is 0.125. The summed E-state index contributed by atoms with van der Waals surface area (Å²) in [6.45, 7) is 1.86. The maximum Gasteiger partial charge on any atom is 0.231 e. The molecule has 5 heteroatoms. The first-order valence-electron chi connectivity index (χ1n) is 9.06. The van der Waals surface area contributed by atoms with Gasteiger partial charge in [0.25, 0.3) is 0 Å². The van der Waals surface area contributed by atoms with Gasteiger partial charge < -0.3 is 9.47 Å². The predicted octanol–water partition coefficient (Wildman–Crippen LogP) is 5.53. The molecule has 0 saturated heterocycles. The van der Waals surface area contributed by atoms with Crippen LogP contribution in [0.4, 0.5) is 0 Å². The predicted molar refractivity (Wildman–Crippen MR) is 112 cm³/mol. The Morgan fingerprint density at radius 2 is 1.86 bits per heavy atom. The van der Waals surface area contributed by atoms with Crippen molar-refractivity contribution < 1.29 is 19.1 Å². The molecule has 144 valence electrons. The molecule has 3 aromatic rings.